The normalized spacial score (nSPS) is 10.6. The zero-order chi connectivity index (χ0) is 14.7. The number of hydrogen-bond donors (Lipinski definition) is 0. The summed E-state index contributed by atoms with van der Waals surface area (Å²) in [6.45, 7) is 0. The lowest BCUT2D eigenvalue weighted by molar-refractivity contribution is 0.0991. The molecule has 0 saturated carbocycles. The predicted octanol–water partition coefficient (Wildman–Crippen LogP) is 4.87. The van der Waals surface area contributed by atoms with E-state index in [0.29, 0.717) is 5.56 Å². The summed E-state index contributed by atoms with van der Waals surface area (Å²) < 4.78 is 27.4. The molecule has 0 atom stereocenters. The van der Waals surface area contributed by atoms with Crippen molar-refractivity contribution in [2.45, 2.75) is 11.3 Å². The van der Waals surface area contributed by atoms with Gasteiger partial charge in [0.2, 0.25) is 0 Å². The van der Waals surface area contributed by atoms with Gasteiger partial charge in [-0.15, -0.1) is 11.8 Å². The summed E-state index contributed by atoms with van der Waals surface area (Å²) in [4.78, 5) is 13.1. The minimum Gasteiger partial charge on any atom is -0.294 e. The molecule has 0 aliphatic heterocycles. The van der Waals surface area contributed by atoms with Crippen LogP contribution in [0.3, 0.4) is 0 Å². The lowest BCUT2D eigenvalue weighted by atomic mass is 10.0. The topological polar surface area (TPSA) is 17.1 Å². The first-order valence-corrected chi connectivity index (χ1v) is 7.83. The average Bonchev–Trinajstić information content (AvgIpc) is 2.42. The first-order chi connectivity index (χ1) is 9.51. The van der Waals surface area contributed by atoms with Crippen LogP contribution in [0, 0.1) is 11.6 Å². The van der Waals surface area contributed by atoms with Gasteiger partial charge in [0.1, 0.15) is 11.6 Å². The Morgan fingerprint density at radius 2 is 1.95 bits per heavy atom. The van der Waals surface area contributed by atoms with E-state index in [9.17, 15) is 13.6 Å². The van der Waals surface area contributed by atoms with Crippen molar-refractivity contribution < 1.29 is 13.6 Å². The van der Waals surface area contributed by atoms with Crippen LogP contribution < -0.4 is 0 Å². The van der Waals surface area contributed by atoms with E-state index >= 15 is 0 Å². The third-order valence-electron chi connectivity index (χ3n) is 2.83. The Hall–Kier alpha value is -1.20. The van der Waals surface area contributed by atoms with Crippen LogP contribution in [0.5, 0.6) is 0 Å². The number of rotatable bonds is 4. The van der Waals surface area contributed by atoms with E-state index in [4.69, 9.17) is 0 Å². The fourth-order valence-electron chi connectivity index (χ4n) is 1.79. The lowest BCUT2D eigenvalue weighted by Gasteiger charge is -2.06. The average molecular weight is 357 g/mol. The summed E-state index contributed by atoms with van der Waals surface area (Å²) in [5.41, 5.74) is 0.540. The third kappa shape index (κ3) is 3.46. The number of halogens is 3. The predicted molar refractivity (Wildman–Crippen MR) is 80.3 cm³/mol. The highest BCUT2D eigenvalue weighted by Gasteiger charge is 2.12. The zero-order valence-corrected chi connectivity index (χ0v) is 13.0. The number of thioether (sulfide) groups is 1. The molecule has 0 aliphatic rings. The van der Waals surface area contributed by atoms with Gasteiger partial charge < -0.3 is 0 Å². The van der Waals surface area contributed by atoms with Gasteiger partial charge in [0.25, 0.3) is 0 Å². The Bertz CT molecular complexity index is 658. The van der Waals surface area contributed by atoms with E-state index in [2.05, 4.69) is 15.9 Å². The Balaban J connectivity index is 2.24. The van der Waals surface area contributed by atoms with Crippen molar-refractivity contribution in [2.75, 3.05) is 6.26 Å². The molecule has 0 bridgehead atoms. The lowest BCUT2D eigenvalue weighted by Crippen LogP contribution is -2.06. The second-order valence-corrected chi connectivity index (χ2v) is 5.89. The molecule has 0 aliphatic carbocycles. The minimum absolute atomic E-state index is 0.0695. The van der Waals surface area contributed by atoms with Gasteiger partial charge in [0.15, 0.2) is 5.78 Å². The number of Topliss-reactive ketones (excluding diaryl/α,β-unsaturated/α-hetero) is 1. The molecule has 104 valence electrons. The SMILES string of the molecule is CSc1ccc(C(=O)Cc2cc(F)ccc2F)cc1Br. The molecule has 0 fully saturated rings. The zero-order valence-electron chi connectivity index (χ0n) is 10.6. The molecule has 5 heteroatoms. The molecule has 0 aromatic heterocycles. The van der Waals surface area contributed by atoms with Crippen LogP contribution >= 0.6 is 27.7 Å². The molecular formula is C15H11BrF2OS. The van der Waals surface area contributed by atoms with Crippen LogP contribution in [0.15, 0.2) is 45.8 Å². The number of ketones is 1. The molecule has 0 unspecified atom stereocenters. The first kappa shape index (κ1) is 15.2. The van der Waals surface area contributed by atoms with E-state index in [1.165, 1.54) is 0 Å². The summed E-state index contributed by atoms with van der Waals surface area (Å²) in [5, 5.41) is 0. The highest BCUT2D eigenvalue weighted by Crippen LogP contribution is 2.27. The fraction of sp³-hybridized carbons (Fsp3) is 0.133. The van der Waals surface area contributed by atoms with Crippen molar-refractivity contribution in [2.24, 2.45) is 0 Å². The molecule has 0 radical (unpaired) electrons. The quantitative estimate of drug-likeness (QED) is 0.573. The highest BCUT2D eigenvalue weighted by atomic mass is 79.9. The number of hydrogen-bond acceptors (Lipinski definition) is 2. The van der Waals surface area contributed by atoms with Crippen LogP contribution in [-0.4, -0.2) is 12.0 Å². The summed E-state index contributed by atoms with van der Waals surface area (Å²) in [7, 11) is 0. The van der Waals surface area contributed by atoms with E-state index in [-0.39, 0.29) is 17.8 Å². The summed E-state index contributed by atoms with van der Waals surface area (Å²) in [6.07, 6.45) is 1.78. The Morgan fingerprint density at radius 1 is 1.20 bits per heavy atom. The van der Waals surface area contributed by atoms with E-state index in [1.807, 2.05) is 12.3 Å². The largest absolute Gasteiger partial charge is 0.294 e. The first-order valence-electron chi connectivity index (χ1n) is 5.82. The Kier molecular flexibility index (Phi) is 4.94. The van der Waals surface area contributed by atoms with Gasteiger partial charge in [0, 0.05) is 21.4 Å². The molecule has 0 amide bonds. The van der Waals surface area contributed by atoms with Crippen molar-refractivity contribution in [1.82, 2.24) is 0 Å². The van der Waals surface area contributed by atoms with E-state index in [0.717, 1.165) is 27.6 Å². The van der Waals surface area contributed by atoms with Crippen LogP contribution in [0.1, 0.15) is 15.9 Å². The highest BCUT2D eigenvalue weighted by molar-refractivity contribution is 9.10. The molecule has 0 N–H and O–H groups in total. The van der Waals surface area contributed by atoms with Crippen LogP contribution in [0.2, 0.25) is 0 Å². The van der Waals surface area contributed by atoms with E-state index < -0.39 is 11.6 Å². The van der Waals surface area contributed by atoms with Gasteiger partial charge in [-0.3, -0.25) is 4.79 Å². The van der Waals surface area contributed by atoms with Gasteiger partial charge in [-0.1, -0.05) is 6.07 Å². The van der Waals surface area contributed by atoms with Gasteiger partial charge in [0.05, 0.1) is 0 Å². The molecular weight excluding hydrogens is 346 g/mol. The van der Waals surface area contributed by atoms with Crippen molar-refractivity contribution >= 4 is 33.5 Å². The second kappa shape index (κ2) is 6.50. The minimum atomic E-state index is -0.570. The van der Waals surface area contributed by atoms with Crippen LogP contribution in [0.25, 0.3) is 0 Å². The number of carbonyl (C=O) groups is 1. The molecule has 1 nitrogen and oxygen atoms in total. The summed E-state index contributed by atoms with van der Waals surface area (Å²) in [6, 6.07) is 8.34. The molecule has 2 rings (SSSR count). The number of benzene rings is 2. The standard InChI is InChI=1S/C15H11BrF2OS/c1-20-15-5-2-9(7-12(15)16)14(19)8-10-6-11(17)3-4-13(10)18/h2-7H,8H2,1H3. The molecule has 2 aromatic rings. The molecule has 20 heavy (non-hydrogen) atoms. The summed E-state index contributed by atoms with van der Waals surface area (Å²) in [5.74, 6) is -1.37. The van der Waals surface area contributed by atoms with Gasteiger partial charge in [-0.25, -0.2) is 8.78 Å². The van der Waals surface area contributed by atoms with Crippen molar-refractivity contribution in [1.29, 1.82) is 0 Å². The molecule has 0 heterocycles. The number of carbonyl (C=O) groups excluding carboxylic acids is 1. The maximum atomic E-state index is 13.5. The Morgan fingerprint density at radius 3 is 2.60 bits per heavy atom. The Labute approximate surface area is 128 Å². The molecule has 0 spiro atoms. The van der Waals surface area contributed by atoms with Crippen molar-refractivity contribution in [3.8, 4) is 0 Å². The van der Waals surface area contributed by atoms with Crippen molar-refractivity contribution in [3.05, 3.63) is 63.6 Å². The van der Waals surface area contributed by atoms with Crippen molar-refractivity contribution in [3.63, 3.8) is 0 Å². The van der Waals surface area contributed by atoms with Crippen LogP contribution in [-0.2, 0) is 6.42 Å². The van der Waals surface area contributed by atoms with Gasteiger partial charge in [-0.05, 0) is 58.1 Å². The van der Waals surface area contributed by atoms with Crippen LogP contribution in [0.4, 0.5) is 8.78 Å². The van der Waals surface area contributed by atoms with Gasteiger partial charge >= 0.3 is 0 Å². The monoisotopic (exact) mass is 356 g/mol. The van der Waals surface area contributed by atoms with Gasteiger partial charge in [-0.2, -0.15) is 0 Å². The second-order valence-electron chi connectivity index (χ2n) is 4.19. The smallest absolute Gasteiger partial charge is 0.167 e. The van der Waals surface area contributed by atoms with E-state index in [1.54, 1.807) is 23.9 Å². The molecule has 2 aromatic carbocycles. The fourth-order valence-corrected chi connectivity index (χ4v) is 3.12. The maximum absolute atomic E-state index is 13.5. The molecule has 0 saturated heterocycles. The summed E-state index contributed by atoms with van der Waals surface area (Å²) >= 11 is 4.94. The third-order valence-corrected chi connectivity index (χ3v) is 4.55. The maximum Gasteiger partial charge on any atom is 0.167 e.